The van der Waals surface area contributed by atoms with Gasteiger partial charge in [-0.15, -0.1) is 5.10 Å². The second-order valence-electron chi connectivity index (χ2n) is 6.29. The van der Waals surface area contributed by atoms with Gasteiger partial charge in [0, 0.05) is 14.1 Å². The molecular weight excluding hydrogens is 404 g/mol. The number of rotatable bonds is 6. The Morgan fingerprint density at radius 1 is 1.21 bits per heavy atom. The molecule has 29 heavy (non-hydrogen) atoms. The van der Waals surface area contributed by atoms with Gasteiger partial charge in [0.25, 0.3) is 5.91 Å². The summed E-state index contributed by atoms with van der Waals surface area (Å²) in [5, 5.41) is 11.3. The van der Waals surface area contributed by atoms with Crippen LogP contribution >= 0.6 is 11.6 Å². The number of hydrogen-bond donors (Lipinski definition) is 1. The summed E-state index contributed by atoms with van der Waals surface area (Å²) in [5.74, 6) is -0.423. The molecule has 0 fully saturated rings. The van der Waals surface area contributed by atoms with E-state index in [1.807, 2.05) is 14.1 Å². The molecule has 2 aromatic carbocycles. The minimum absolute atomic E-state index is 0.0247. The van der Waals surface area contributed by atoms with Crippen LogP contribution in [0.5, 0.6) is 5.75 Å². The lowest BCUT2D eigenvalue weighted by Gasteiger charge is -2.19. The van der Waals surface area contributed by atoms with Gasteiger partial charge in [-0.3, -0.25) is 4.79 Å². The molecule has 3 rings (SSSR count). The van der Waals surface area contributed by atoms with Crippen LogP contribution in [0.25, 0.3) is 5.69 Å². The van der Waals surface area contributed by atoms with Crippen molar-refractivity contribution in [2.45, 2.75) is 13.5 Å². The number of ether oxygens (including phenoxy) is 1. The fourth-order valence-corrected chi connectivity index (χ4v) is 3.15. The van der Waals surface area contributed by atoms with E-state index in [-0.39, 0.29) is 11.4 Å². The number of amides is 1. The molecule has 7 nitrogen and oxygen atoms in total. The summed E-state index contributed by atoms with van der Waals surface area (Å²) >= 11 is 6.23. The molecule has 0 unspecified atom stereocenters. The van der Waals surface area contributed by atoms with Crippen molar-refractivity contribution in [2.24, 2.45) is 0 Å². The van der Waals surface area contributed by atoms with E-state index in [0.717, 1.165) is 0 Å². The lowest BCUT2D eigenvalue weighted by atomic mass is 10.2. The number of alkyl halides is 2. The molecule has 0 radical (unpaired) electrons. The number of hydrogen-bond acceptors (Lipinski definition) is 5. The first kappa shape index (κ1) is 20.5. The zero-order valence-electron chi connectivity index (χ0n) is 15.9. The molecule has 1 amide bonds. The second kappa shape index (κ2) is 8.44. The summed E-state index contributed by atoms with van der Waals surface area (Å²) in [6.07, 6.45) is 0. The number of nitrogens with one attached hydrogen (secondary N) is 1. The molecule has 152 valence electrons. The maximum Gasteiger partial charge on any atom is 0.387 e. The van der Waals surface area contributed by atoms with Crippen LogP contribution in [-0.2, 0) is 0 Å². The van der Waals surface area contributed by atoms with Crippen LogP contribution in [0.4, 0.5) is 20.2 Å². The van der Waals surface area contributed by atoms with E-state index < -0.39 is 12.5 Å². The number of aromatic nitrogens is 3. The normalized spacial score (nSPS) is 10.9. The predicted octanol–water partition coefficient (Wildman–Crippen LogP) is 4.15. The molecule has 0 atom stereocenters. The Bertz CT molecular complexity index is 1020. The maximum absolute atomic E-state index is 12.7. The monoisotopic (exact) mass is 421 g/mol. The van der Waals surface area contributed by atoms with Crippen molar-refractivity contribution in [1.29, 1.82) is 0 Å². The highest BCUT2D eigenvalue weighted by atomic mass is 35.5. The van der Waals surface area contributed by atoms with Crippen molar-refractivity contribution in [3.63, 3.8) is 0 Å². The Labute approximate surface area is 170 Å². The van der Waals surface area contributed by atoms with E-state index in [9.17, 15) is 13.6 Å². The zero-order chi connectivity index (χ0) is 21.1. The topological polar surface area (TPSA) is 72.3 Å². The van der Waals surface area contributed by atoms with Crippen molar-refractivity contribution in [1.82, 2.24) is 15.0 Å². The van der Waals surface area contributed by atoms with Crippen LogP contribution in [-0.4, -0.2) is 41.6 Å². The number of nitrogens with zero attached hydrogens (tertiary/aromatic N) is 4. The number of anilines is 2. The molecule has 1 N–H and O–H groups in total. The number of halogens is 3. The van der Waals surface area contributed by atoms with Crippen LogP contribution in [0.2, 0.25) is 5.02 Å². The predicted molar refractivity (Wildman–Crippen MR) is 106 cm³/mol. The highest BCUT2D eigenvalue weighted by Gasteiger charge is 2.20. The van der Waals surface area contributed by atoms with Gasteiger partial charge in [-0.1, -0.05) is 22.9 Å². The third kappa shape index (κ3) is 4.45. The van der Waals surface area contributed by atoms with Gasteiger partial charge in [0.15, 0.2) is 5.69 Å². The Morgan fingerprint density at radius 2 is 1.90 bits per heavy atom. The van der Waals surface area contributed by atoms with Crippen molar-refractivity contribution < 1.29 is 18.3 Å². The molecule has 0 saturated carbocycles. The standard InChI is InChI=1S/C19H18ClF2N5O2/c1-11-16(18(28)23-15-6-4-5-14(20)17(15)26(2)3)24-25-27(11)12-7-9-13(10-8-12)29-19(21)22/h4-10,19H,1-3H3,(H,23,28). The van der Waals surface area contributed by atoms with E-state index in [0.29, 0.717) is 27.8 Å². The van der Waals surface area contributed by atoms with E-state index in [1.54, 1.807) is 42.2 Å². The maximum atomic E-state index is 12.7. The third-order valence-electron chi connectivity index (χ3n) is 4.10. The Balaban J connectivity index is 1.84. The molecule has 0 aliphatic heterocycles. The van der Waals surface area contributed by atoms with Gasteiger partial charge in [-0.2, -0.15) is 8.78 Å². The Morgan fingerprint density at radius 3 is 2.52 bits per heavy atom. The molecule has 10 heteroatoms. The highest BCUT2D eigenvalue weighted by Crippen LogP contribution is 2.32. The first-order chi connectivity index (χ1) is 13.8. The third-order valence-corrected chi connectivity index (χ3v) is 4.40. The average molecular weight is 422 g/mol. The first-order valence-electron chi connectivity index (χ1n) is 8.52. The van der Waals surface area contributed by atoms with Gasteiger partial charge in [0.1, 0.15) is 5.75 Å². The fraction of sp³-hybridized carbons (Fsp3) is 0.211. The molecule has 1 heterocycles. The van der Waals surface area contributed by atoms with E-state index >= 15 is 0 Å². The summed E-state index contributed by atoms with van der Waals surface area (Å²) < 4.78 is 30.3. The quantitative estimate of drug-likeness (QED) is 0.647. The van der Waals surface area contributed by atoms with Crippen LogP contribution in [0.3, 0.4) is 0 Å². The fourth-order valence-electron chi connectivity index (χ4n) is 2.81. The van der Waals surface area contributed by atoms with Gasteiger partial charge in [0.2, 0.25) is 0 Å². The van der Waals surface area contributed by atoms with E-state index in [1.165, 1.54) is 16.8 Å². The summed E-state index contributed by atoms with van der Waals surface area (Å²) in [5.41, 5.74) is 2.37. The van der Waals surface area contributed by atoms with Crippen LogP contribution in [0, 0.1) is 6.92 Å². The van der Waals surface area contributed by atoms with Crippen molar-refractivity contribution in [3.8, 4) is 11.4 Å². The van der Waals surface area contributed by atoms with E-state index in [2.05, 4.69) is 20.4 Å². The van der Waals surface area contributed by atoms with Crippen LogP contribution in [0.1, 0.15) is 16.2 Å². The summed E-state index contributed by atoms with van der Waals surface area (Å²) in [4.78, 5) is 14.5. The summed E-state index contributed by atoms with van der Waals surface area (Å²) in [7, 11) is 3.64. The lowest BCUT2D eigenvalue weighted by molar-refractivity contribution is -0.0498. The van der Waals surface area contributed by atoms with Gasteiger partial charge in [-0.25, -0.2) is 4.68 Å². The van der Waals surface area contributed by atoms with Gasteiger partial charge < -0.3 is 15.0 Å². The van der Waals surface area contributed by atoms with Crippen LogP contribution in [0.15, 0.2) is 42.5 Å². The van der Waals surface area contributed by atoms with E-state index in [4.69, 9.17) is 11.6 Å². The smallest absolute Gasteiger partial charge is 0.387 e. The molecule has 0 aliphatic rings. The highest BCUT2D eigenvalue weighted by molar-refractivity contribution is 6.34. The second-order valence-corrected chi connectivity index (χ2v) is 6.70. The van der Waals surface area contributed by atoms with Gasteiger partial charge >= 0.3 is 6.61 Å². The first-order valence-corrected chi connectivity index (χ1v) is 8.90. The minimum atomic E-state index is -2.90. The molecule has 3 aromatic rings. The SMILES string of the molecule is Cc1c(C(=O)Nc2cccc(Cl)c2N(C)C)nnn1-c1ccc(OC(F)F)cc1. The van der Waals surface area contributed by atoms with Crippen molar-refractivity contribution >= 4 is 28.9 Å². The largest absolute Gasteiger partial charge is 0.435 e. The lowest BCUT2D eigenvalue weighted by Crippen LogP contribution is -2.18. The molecule has 1 aromatic heterocycles. The molecule has 0 saturated heterocycles. The Hall–Kier alpha value is -3.20. The zero-order valence-corrected chi connectivity index (χ0v) is 16.6. The minimum Gasteiger partial charge on any atom is -0.435 e. The number of carbonyl (C=O) groups is 1. The van der Waals surface area contributed by atoms with Crippen molar-refractivity contribution in [2.75, 3.05) is 24.3 Å². The van der Waals surface area contributed by atoms with Gasteiger partial charge in [-0.05, 0) is 43.3 Å². The molecule has 0 aliphatic carbocycles. The van der Waals surface area contributed by atoms with Crippen molar-refractivity contribution in [3.05, 3.63) is 58.9 Å². The molecule has 0 bridgehead atoms. The number of para-hydroxylation sites is 1. The number of benzene rings is 2. The summed E-state index contributed by atoms with van der Waals surface area (Å²) in [6, 6.07) is 11.1. The summed E-state index contributed by atoms with van der Waals surface area (Å²) in [6.45, 7) is -1.22. The van der Waals surface area contributed by atoms with Crippen LogP contribution < -0.4 is 15.0 Å². The molecular formula is C19H18ClF2N5O2. The van der Waals surface area contributed by atoms with Gasteiger partial charge in [0.05, 0.1) is 27.8 Å². The Kier molecular flexibility index (Phi) is 5.97. The number of carbonyl (C=O) groups excluding carboxylic acids is 1. The molecule has 0 spiro atoms. The average Bonchev–Trinajstić information content (AvgIpc) is 3.03.